The third kappa shape index (κ3) is 4.73. The summed E-state index contributed by atoms with van der Waals surface area (Å²) in [4.78, 5) is 26.0. The second-order valence-electron chi connectivity index (χ2n) is 4.67. The van der Waals surface area contributed by atoms with Crippen LogP contribution in [0.3, 0.4) is 0 Å². The molecule has 2 aromatic rings. The Morgan fingerprint density at radius 3 is 2.78 bits per heavy atom. The molecule has 1 amide bonds. The monoisotopic (exact) mass is 369 g/mol. The molecular weight excluding hydrogens is 354 g/mol. The number of halogens is 1. The van der Waals surface area contributed by atoms with Gasteiger partial charge in [-0.15, -0.1) is 23.1 Å². The van der Waals surface area contributed by atoms with Crippen molar-refractivity contribution in [2.24, 2.45) is 0 Å². The number of hydrogen-bond acceptors (Lipinski definition) is 5. The highest BCUT2D eigenvalue weighted by atomic mass is 35.5. The Kier molecular flexibility index (Phi) is 6.50. The lowest BCUT2D eigenvalue weighted by molar-refractivity contribution is -0.141. The van der Waals surface area contributed by atoms with Crippen molar-refractivity contribution in [2.75, 3.05) is 13.4 Å². The topological polar surface area (TPSA) is 55.4 Å². The normalized spacial score (nSPS) is 11.8. The zero-order valence-electron chi connectivity index (χ0n) is 12.7. The molecule has 2 rings (SSSR count). The van der Waals surface area contributed by atoms with Gasteiger partial charge < -0.3 is 10.1 Å². The zero-order valence-corrected chi connectivity index (χ0v) is 15.1. The first-order chi connectivity index (χ1) is 11.0. The molecule has 23 heavy (non-hydrogen) atoms. The predicted octanol–water partition coefficient (Wildman–Crippen LogP) is 4.16. The van der Waals surface area contributed by atoms with Crippen LogP contribution in [0.5, 0.6) is 0 Å². The minimum atomic E-state index is -0.441. The number of ether oxygens (including phenoxy) is 1. The van der Waals surface area contributed by atoms with Gasteiger partial charge in [0, 0.05) is 9.77 Å². The van der Waals surface area contributed by atoms with Crippen molar-refractivity contribution < 1.29 is 14.3 Å². The largest absolute Gasteiger partial charge is 0.469 e. The lowest BCUT2D eigenvalue weighted by atomic mass is 10.1. The summed E-state index contributed by atoms with van der Waals surface area (Å²) < 4.78 is 4.71. The molecule has 0 aliphatic heterocycles. The third-order valence-corrected chi connectivity index (χ3v) is 5.25. The number of nitrogens with one attached hydrogen (secondary N) is 1. The number of rotatable bonds is 6. The van der Waals surface area contributed by atoms with Crippen LogP contribution in [0.25, 0.3) is 0 Å². The smallest absolute Gasteiger partial charge is 0.307 e. The lowest BCUT2D eigenvalue weighted by Crippen LogP contribution is -2.30. The number of carbonyl (C=O) groups excluding carboxylic acids is 2. The molecule has 0 radical (unpaired) electrons. The summed E-state index contributed by atoms with van der Waals surface area (Å²) in [6.07, 6.45) is 2.00. The molecule has 0 saturated heterocycles. The van der Waals surface area contributed by atoms with E-state index in [1.807, 2.05) is 29.8 Å². The Hall–Kier alpha value is -1.50. The minimum Gasteiger partial charge on any atom is -0.469 e. The molecule has 122 valence electrons. The summed E-state index contributed by atoms with van der Waals surface area (Å²) in [5.74, 6) is -0.694. The van der Waals surface area contributed by atoms with Crippen molar-refractivity contribution in [3.8, 4) is 0 Å². The van der Waals surface area contributed by atoms with Crippen LogP contribution in [0.4, 0.5) is 0 Å². The Labute approximate surface area is 148 Å². The molecule has 0 spiro atoms. The lowest BCUT2D eigenvalue weighted by Gasteiger charge is -2.17. The van der Waals surface area contributed by atoms with Crippen LogP contribution < -0.4 is 5.32 Å². The summed E-state index contributed by atoms with van der Waals surface area (Å²) in [5.41, 5.74) is 0.393. The van der Waals surface area contributed by atoms with Gasteiger partial charge in [-0.25, -0.2) is 0 Å². The van der Waals surface area contributed by atoms with Gasteiger partial charge >= 0.3 is 5.97 Å². The molecule has 1 unspecified atom stereocenters. The fraction of sp³-hybridized carbons (Fsp3) is 0.250. The van der Waals surface area contributed by atoms with Crippen molar-refractivity contribution in [1.82, 2.24) is 5.32 Å². The third-order valence-electron chi connectivity index (χ3n) is 3.21. The molecule has 1 aromatic carbocycles. The number of amides is 1. The maximum atomic E-state index is 12.6. The van der Waals surface area contributed by atoms with E-state index < -0.39 is 6.04 Å². The predicted molar refractivity (Wildman–Crippen MR) is 94.4 cm³/mol. The van der Waals surface area contributed by atoms with E-state index in [1.165, 1.54) is 30.2 Å². The average Bonchev–Trinajstić information content (AvgIpc) is 3.08. The number of thiophene rings is 1. The van der Waals surface area contributed by atoms with Gasteiger partial charge in [0.2, 0.25) is 0 Å². The SMILES string of the molecule is COC(=O)CC(NC(=O)c1cc(SC)ccc1Cl)c1cccs1. The second-order valence-corrected chi connectivity index (χ2v) is 6.93. The van der Waals surface area contributed by atoms with E-state index in [9.17, 15) is 9.59 Å². The zero-order chi connectivity index (χ0) is 16.8. The van der Waals surface area contributed by atoms with Crippen molar-refractivity contribution in [3.05, 3.63) is 51.2 Å². The molecule has 1 atom stereocenters. The van der Waals surface area contributed by atoms with Crippen LogP contribution in [0.15, 0.2) is 40.6 Å². The molecular formula is C16H16ClNO3S2. The van der Waals surface area contributed by atoms with Crippen molar-refractivity contribution >= 4 is 46.6 Å². The molecule has 0 bridgehead atoms. The number of thioether (sulfide) groups is 1. The Balaban J connectivity index is 2.22. The maximum Gasteiger partial charge on any atom is 0.307 e. The van der Waals surface area contributed by atoms with Crippen LogP contribution in [-0.4, -0.2) is 25.2 Å². The van der Waals surface area contributed by atoms with Gasteiger partial charge in [-0.3, -0.25) is 9.59 Å². The number of methoxy groups -OCH3 is 1. The Morgan fingerprint density at radius 2 is 2.17 bits per heavy atom. The standard InChI is InChI=1S/C16H16ClNO3S2/c1-21-15(19)9-13(14-4-3-7-23-14)18-16(20)11-8-10(22-2)5-6-12(11)17/h3-8,13H,9H2,1-2H3,(H,18,20). The molecule has 1 N–H and O–H groups in total. The highest BCUT2D eigenvalue weighted by Crippen LogP contribution is 2.26. The van der Waals surface area contributed by atoms with E-state index in [-0.39, 0.29) is 18.3 Å². The van der Waals surface area contributed by atoms with E-state index >= 15 is 0 Å². The van der Waals surface area contributed by atoms with E-state index in [0.717, 1.165) is 9.77 Å². The van der Waals surface area contributed by atoms with Crippen molar-refractivity contribution in [1.29, 1.82) is 0 Å². The highest BCUT2D eigenvalue weighted by Gasteiger charge is 2.21. The van der Waals surface area contributed by atoms with Gasteiger partial charge in [0.1, 0.15) is 0 Å². The molecule has 0 aliphatic carbocycles. The number of benzene rings is 1. The average molecular weight is 370 g/mol. The van der Waals surface area contributed by atoms with Gasteiger partial charge in [-0.2, -0.15) is 0 Å². The van der Waals surface area contributed by atoms with Crippen LogP contribution in [-0.2, 0) is 9.53 Å². The summed E-state index contributed by atoms with van der Waals surface area (Å²) in [7, 11) is 1.33. The van der Waals surface area contributed by atoms with Crippen molar-refractivity contribution in [2.45, 2.75) is 17.4 Å². The molecule has 0 saturated carbocycles. The second kappa shape index (κ2) is 8.38. The van der Waals surface area contributed by atoms with Gasteiger partial charge in [0.05, 0.1) is 30.2 Å². The summed E-state index contributed by atoms with van der Waals surface area (Å²) in [6.45, 7) is 0. The van der Waals surface area contributed by atoms with Gasteiger partial charge in [0.15, 0.2) is 0 Å². The fourth-order valence-electron chi connectivity index (χ4n) is 2.00. The van der Waals surface area contributed by atoms with Crippen molar-refractivity contribution in [3.63, 3.8) is 0 Å². The first kappa shape index (κ1) is 17.8. The Bertz CT molecular complexity index is 689. The van der Waals surface area contributed by atoms with E-state index in [2.05, 4.69) is 5.32 Å². The number of esters is 1. The first-order valence-electron chi connectivity index (χ1n) is 6.79. The van der Waals surface area contributed by atoms with Crippen LogP contribution >= 0.6 is 34.7 Å². The molecule has 0 fully saturated rings. The van der Waals surface area contributed by atoms with Gasteiger partial charge in [-0.1, -0.05) is 17.7 Å². The van der Waals surface area contributed by atoms with Gasteiger partial charge in [0.25, 0.3) is 5.91 Å². The van der Waals surface area contributed by atoms with Crippen LogP contribution in [0.2, 0.25) is 5.02 Å². The Morgan fingerprint density at radius 1 is 1.39 bits per heavy atom. The summed E-state index contributed by atoms with van der Waals surface area (Å²) in [6, 6.07) is 8.60. The molecule has 1 heterocycles. The van der Waals surface area contributed by atoms with Crippen LogP contribution in [0.1, 0.15) is 27.7 Å². The molecule has 7 heteroatoms. The van der Waals surface area contributed by atoms with E-state index in [4.69, 9.17) is 16.3 Å². The van der Waals surface area contributed by atoms with Gasteiger partial charge in [-0.05, 0) is 35.9 Å². The summed E-state index contributed by atoms with van der Waals surface area (Å²) in [5, 5.41) is 5.14. The summed E-state index contributed by atoms with van der Waals surface area (Å²) >= 11 is 9.13. The minimum absolute atomic E-state index is 0.0720. The first-order valence-corrected chi connectivity index (χ1v) is 9.28. The fourth-order valence-corrected chi connectivity index (χ4v) is 3.42. The molecule has 4 nitrogen and oxygen atoms in total. The molecule has 1 aromatic heterocycles. The molecule has 0 aliphatic rings. The maximum absolute atomic E-state index is 12.6. The number of carbonyl (C=O) groups is 2. The van der Waals surface area contributed by atoms with E-state index in [0.29, 0.717) is 10.6 Å². The quantitative estimate of drug-likeness (QED) is 0.613. The van der Waals surface area contributed by atoms with E-state index in [1.54, 1.807) is 12.1 Å². The number of hydrogen-bond donors (Lipinski definition) is 1. The van der Waals surface area contributed by atoms with Crippen LogP contribution in [0, 0.1) is 0 Å². The highest BCUT2D eigenvalue weighted by molar-refractivity contribution is 7.98.